The molecule has 10 nitrogen and oxygen atoms in total. The molecule has 0 saturated carbocycles. The highest BCUT2D eigenvalue weighted by Crippen LogP contribution is 2.29. The summed E-state index contributed by atoms with van der Waals surface area (Å²) >= 11 is 0. The lowest BCUT2D eigenvalue weighted by atomic mass is 9.98. The maximum Gasteiger partial charge on any atom is 0.338 e. The van der Waals surface area contributed by atoms with Gasteiger partial charge in [-0.05, 0) is 70.8 Å². The number of esters is 1. The van der Waals surface area contributed by atoms with Crippen LogP contribution in [0.5, 0.6) is 23.0 Å². The molecule has 254 valence electrons. The van der Waals surface area contributed by atoms with Crippen molar-refractivity contribution in [3.8, 4) is 23.0 Å². The first-order valence-corrected chi connectivity index (χ1v) is 15.6. The van der Waals surface area contributed by atoms with E-state index in [0.717, 1.165) is 45.3 Å². The van der Waals surface area contributed by atoms with E-state index in [1.807, 2.05) is 97.1 Å². The van der Waals surface area contributed by atoms with Crippen LogP contribution in [0.15, 0.2) is 97.1 Å². The Kier molecular flexibility index (Phi) is 12.7. The number of rotatable bonds is 17. The molecule has 0 N–H and O–H groups in total. The summed E-state index contributed by atoms with van der Waals surface area (Å²) in [5, 5.41) is 0. The molecule has 0 unspecified atom stereocenters. The Bertz CT molecular complexity index is 1540. The van der Waals surface area contributed by atoms with Crippen molar-refractivity contribution in [2.45, 2.75) is 50.8 Å². The van der Waals surface area contributed by atoms with Crippen LogP contribution in [0.3, 0.4) is 0 Å². The molecule has 4 aromatic carbocycles. The van der Waals surface area contributed by atoms with Crippen LogP contribution in [-0.4, -0.2) is 65.4 Å². The van der Waals surface area contributed by atoms with Crippen molar-refractivity contribution in [2.24, 2.45) is 0 Å². The number of cyclic esters (lactones) is 1. The number of hydrogen-bond donors (Lipinski definition) is 0. The third-order valence-electron chi connectivity index (χ3n) is 7.99. The average Bonchev–Trinajstić information content (AvgIpc) is 3.14. The van der Waals surface area contributed by atoms with Gasteiger partial charge in [0.05, 0.1) is 61.5 Å². The summed E-state index contributed by atoms with van der Waals surface area (Å²) in [6.45, 7) is 0.966. The zero-order valence-electron chi connectivity index (χ0n) is 27.7. The van der Waals surface area contributed by atoms with Crippen molar-refractivity contribution in [1.29, 1.82) is 0 Å². The van der Waals surface area contributed by atoms with E-state index < -0.39 is 30.4 Å². The van der Waals surface area contributed by atoms with Gasteiger partial charge in [0.25, 0.3) is 0 Å². The SMILES string of the molecule is COc1ccc(COC[C@H]2OC(=O)[C@H](OCc3ccc(OC)cc3)[C@@H](OCc3ccc(OC)cc3)[C@@H]2OCc2ccc(OC)cc2)cc1. The maximum absolute atomic E-state index is 13.6. The first-order valence-electron chi connectivity index (χ1n) is 15.6. The van der Waals surface area contributed by atoms with E-state index in [0.29, 0.717) is 6.61 Å². The second kappa shape index (κ2) is 17.5. The Morgan fingerprint density at radius 2 is 0.833 bits per heavy atom. The average molecular weight is 659 g/mol. The first-order chi connectivity index (χ1) is 23.5. The monoisotopic (exact) mass is 658 g/mol. The second-order valence-corrected chi connectivity index (χ2v) is 11.2. The second-order valence-electron chi connectivity index (χ2n) is 11.2. The first kappa shape index (κ1) is 34.7. The van der Waals surface area contributed by atoms with Gasteiger partial charge in [0, 0.05) is 0 Å². The molecule has 0 spiro atoms. The predicted molar refractivity (Wildman–Crippen MR) is 177 cm³/mol. The summed E-state index contributed by atoms with van der Waals surface area (Å²) in [6.07, 6.45) is -3.38. The highest BCUT2D eigenvalue weighted by Gasteiger charge is 2.48. The third-order valence-corrected chi connectivity index (χ3v) is 7.99. The number of hydrogen-bond acceptors (Lipinski definition) is 10. The normalized spacial score (nSPS) is 19.0. The fourth-order valence-corrected chi connectivity index (χ4v) is 5.23. The quantitative estimate of drug-likeness (QED) is 0.127. The lowest BCUT2D eigenvalue weighted by molar-refractivity contribution is -0.239. The third kappa shape index (κ3) is 9.48. The van der Waals surface area contributed by atoms with Crippen LogP contribution in [-0.2, 0) is 54.9 Å². The molecule has 5 rings (SSSR count). The van der Waals surface area contributed by atoms with Gasteiger partial charge in [-0.2, -0.15) is 0 Å². The van der Waals surface area contributed by atoms with Gasteiger partial charge in [0.1, 0.15) is 35.2 Å². The van der Waals surface area contributed by atoms with Gasteiger partial charge in [-0.25, -0.2) is 4.79 Å². The standard InChI is InChI=1S/C38H42O10/c1-40-30-13-5-26(6-14-30)21-44-25-34-35(45-22-27-7-15-31(41-2)16-8-27)36(46-23-28-9-17-32(42-3)18-10-28)37(38(39)48-34)47-24-29-11-19-33(43-4)20-12-29/h5-20,34-37H,21-25H2,1-4H3/t34-,35-,36+,37-/m1/s1. The van der Waals surface area contributed by atoms with Gasteiger partial charge < -0.3 is 42.6 Å². The lowest BCUT2D eigenvalue weighted by Gasteiger charge is -2.41. The van der Waals surface area contributed by atoms with Gasteiger partial charge in [0.2, 0.25) is 0 Å². The highest BCUT2D eigenvalue weighted by atomic mass is 16.6. The molecule has 0 aromatic heterocycles. The maximum atomic E-state index is 13.6. The fourth-order valence-electron chi connectivity index (χ4n) is 5.23. The smallest absolute Gasteiger partial charge is 0.338 e. The summed E-state index contributed by atoms with van der Waals surface area (Å²) in [7, 11) is 6.47. The number of benzene rings is 4. The zero-order valence-corrected chi connectivity index (χ0v) is 27.7. The van der Waals surface area contributed by atoms with E-state index >= 15 is 0 Å². The molecule has 1 heterocycles. The Hall–Kier alpha value is -4.61. The Labute approximate surface area is 281 Å². The molecule has 0 bridgehead atoms. The van der Waals surface area contributed by atoms with Crippen LogP contribution < -0.4 is 18.9 Å². The van der Waals surface area contributed by atoms with Crippen molar-refractivity contribution >= 4 is 5.97 Å². The van der Waals surface area contributed by atoms with E-state index in [1.54, 1.807) is 28.4 Å². The van der Waals surface area contributed by atoms with Crippen molar-refractivity contribution in [2.75, 3.05) is 35.0 Å². The topological polar surface area (TPSA) is 100 Å². The van der Waals surface area contributed by atoms with Crippen molar-refractivity contribution in [1.82, 2.24) is 0 Å². The lowest BCUT2D eigenvalue weighted by Crippen LogP contribution is -2.59. The van der Waals surface area contributed by atoms with Crippen molar-refractivity contribution < 1.29 is 47.4 Å². The molecule has 0 amide bonds. The van der Waals surface area contributed by atoms with Crippen LogP contribution in [0.2, 0.25) is 0 Å². The summed E-state index contributed by atoms with van der Waals surface area (Å²) in [5.74, 6) is 2.40. The highest BCUT2D eigenvalue weighted by molar-refractivity contribution is 5.77. The van der Waals surface area contributed by atoms with Gasteiger partial charge in [0.15, 0.2) is 12.2 Å². The minimum absolute atomic E-state index is 0.0820. The largest absolute Gasteiger partial charge is 0.497 e. The van der Waals surface area contributed by atoms with Crippen LogP contribution >= 0.6 is 0 Å². The fraction of sp³-hybridized carbons (Fsp3) is 0.342. The molecule has 10 heteroatoms. The number of methoxy groups -OCH3 is 4. The predicted octanol–water partition coefficient (Wildman–Crippen LogP) is 5.92. The molecular formula is C38H42O10. The molecule has 4 aromatic rings. The van der Waals surface area contributed by atoms with E-state index in [-0.39, 0.29) is 26.4 Å². The summed E-state index contributed by atoms with van der Waals surface area (Å²) in [4.78, 5) is 13.6. The molecule has 1 aliphatic heterocycles. The molecule has 1 aliphatic rings. The number of carbonyl (C=O) groups is 1. The van der Waals surface area contributed by atoms with E-state index in [2.05, 4.69) is 0 Å². The van der Waals surface area contributed by atoms with Gasteiger partial charge in [-0.1, -0.05) is 48.5 Å². The molecule has 0 radical (unpaired) electrons. The number of carbonyl (C=O) groups excluding carboxylic acids is 1. The summed E-state index contributed by atoms with van der Waals surface area (Å²) in [5.41, 5.74) is 3.61. The van der Waals surface area contributed by atoms with Gasteiger partial charge >= 0.3 is 5.97 Å². The van der Waals surface area contributed by atoms with Crippen LogP contribution in [0.1, 0.15) is 22.3 Å². The van der Waals surface area contributed by atoms with Crippen LogP contribution in [0.4, 0.5) is 0 Å². The zero-order chi connectivity index (χ0) is 33.7. The summed E-state index contributed by atoms with van der Waals surface area (Å²) in [6, 6.07) is 30.2. The van der Waals surface area contributed by atoms with Crippen molar-refractivity contribution in [3.05, 3.63) is 119 Å². The number of ether oxygens (including phenoxy) is 9. The Balaban J connectivity index is 1.37. The van der Waals surface area contributed by atoms with E-state index in [4.69, 9.17) is 42.6 Å². The molecule has 48 heavy (non-hydrogen) atoms. The van der Waals surface area contributed by atoms with E-state index in [9.17, 15) is 4.79 Å². The van der Waals surface area contributed by atoms with Crippen molar-refractivity contribution in [3.63, 3.8) is 0 Å². The van der Waals surface area contributed by atoms with Gasteiger partial charge in [-0.3, -0.25) is 0 Å². The Morgan fingerprint density at radius 1 is 0.479 bits per heavy atom. The molecular weight excluding hydrogens is 616 g/mol. The molecule has 0 aliphatic carbocycles. The molecule has 1 saturated heterocycles. The molecule has 1 fully saturated rings. The minimum Gasteiger partial charge on any atom is -0.497 e. The van der Waals surface area contributed by atoms with Crippen LogP contribution in [0, 0.1) is 0 Å². The molecule has 4 atom stereocenters. The van der Waals surface area contributed by atoms with Gasteiger partial charge in [-0.15, -0.1) is 0 Å². The summed E-state index contributed by atoms with van der Waals surface area (Å²) < 4.78 is 52.5. The van der Waals surface area contributed by atoms with Crippen LogP contribution in [0.25, 0.3) is 0 Å². The Morgan fingerprint density at radius 3 is 1.23 bits per heavy atom. The minimum atomic E-state index is -1.07. The van der Waals surface area contributed by atoms with E-state index in [1.165, 1.54) is 0 Å².